The molecule has 0 unspecified atom stereocenters. The van der Waals surface area contributed by atoms with E-state index >= 15 is 0 Å². The molecule has 0 bridgehead atoms. The molecule has 0 aliphatic carbocycles. The zero-order valence-corrected chi connectivity index (χ0v) is 15.4. The molecule has 0 saturated carbocycles. The number of para-hydroxylation sites is 2. The molecule has 0 aliphatic heterocycles. The number of benzene rings is 2. The van der Waals surface area contributed by atoms with Crippen LogP contribution in [-0.2, 0) is 6.54 Å². The lowest BCUT2D eigenvalue weighted by molar-refractivity contribution is 0.215. The van der Waals surface area contributed by atoms with Crippen LogP contribution in [-0.4, -0.2) is 44.3 Å². The Bertz CT molecular complexity index is 585. The average molecular weight is 342 g/mol. The molecular formula is C21H30N2O2. The SMILES string of the molecule is CCN(CC)CCNCc1ccccc1OCCOc1ccccc1. The number of nitrogens with one attached hydrogen (secondary N) is 1. The molecular weight excluding hydrogens is 312 g/mol. The van der Waals surface area contributed by atoms with E-state index in [0.29, 0.717) is 13.2 Å². The maximum atomic E-state index is 5.90. The largest absolute Gasteiger partial charge is 0.490 e. The van der Waals surface area contributed by atoms with Crippen molar-refractivity contribution in [3.63, 3.8) is 0 Å². The number of ether oxygens (including phenoxy) is 2. The number of hydrogen-bond acceptors (Lipinski definition) is 4. The van der Waals surface area contributed by atoms with E-state index in [1.165, 1.54) is 5.56 Å². The summed E-state index contributed by atoms with van der Waals surface area (Å²) in [4.78, 5) is 2.41. The molecule has 0 atom stereocenters. The number of hydrogen-bond donors (Lipinski definition) is 1. The second kappa shape index (κ2) is 11.5. The molecule has 2 aromatic rings. The Balaban J connectivity index is 1.72. The first-order valence-electron chi connectivity index (χ1n) is 9.15. The summed E-state index contributed by atoms with van der Waals surface area (Å²) in [5.74, 6) is 1.80. The van der Waals surface area contributed by atoms with Gasteiger partial charge in [0, 0.05) is 25.2 Å². The molecule has 4 nitrogen and oxygen atoms in total. The molecule has 25 heavy (non-hydrogen) atoms. The fourth-order valence-corrected chi connectivity index (χ4v) is 2.62. The molecule has 0 aromatic heterocycles. The van der Waals surface area contributed by atoms with Crippen molar-refractivity contribution in [2.45, 2.75) is 20.4 Å². The molecule has 0 amide bonds. The first kappa shape index (κ1) is 19.3. The van der Waals surface area contributed by atoms with E-state index in [4.69, 9.17) is 9.47 Å². The first-order valence-corrected chi connectivity index (χ1v) is 9.15. The molecule has 0 fully saturated rings. The third-order valence-corrected chi connectivity index (χ3v) is 4.14. The fourth-order valence-electron chi connectivity index (χ4n) is 2.62. The molecule has 1 N–H and O–H groups in total. The average Bonchev–Trinajstić information content (AvgIpc) is 2.67. The van der Waals surface area contributed by atoms with Gasteiger partial charge in [0.05, 0.1) is 0 Å². The highest BCUT2D eigenvalue weighted by Gasteiger charge is 2.04. The zero-order chi connectivity index (χ0) is 17.7. The van der Waals surface area contributed by atoms with Gasteiger partial charge in [-0.2, -0.15) is 0 Å². The van der Waals surface area contributed by atoms with Crippen LogP contribution in [0.3, 0.4) is 0 Å². The first-order chi connectivity index (χ1) is 12.3. The summed E-state index contributed by atoms with van der Waals surface area (Å²) < 4.78 is 11.6. The number of nitrogens with zero attached hydrogens (tertiary/aromatic N) is 1. The van der Waals surface area contributed by atoms with Crippen molar-refractivity contribution in [1.82, 2.24) is 10.2 Å². The van der Waals surface area contributed by atoms with Crippen LogP contribution in [0.5, 0.6) is 11.5 Å². The van der Waals surface area contributed by atoms with E-state index in [9.17, 15) is 0 Å². The predicted molar refractivity (Wildman–Crippen MR) is 103 cm³/mol. The van der Waals surface area contributed by atoms with Gasteiger partial charge in [-0.3, -0.25) is 0 Å². The van der Waals surface area contributed by atoms with Gasteiger partial charge in [0.2, 0.25) is 0 Å². The van der Waals surface area contributed by atoms with Crippen LogP contribution >= 0.6 is 0 Å². The Kier molecular flexibility index (Phi) is 8.87. The van der Waals surface area contributed by atoms with E-state index in [2.05, 4.69) is 36.2 Å². The summed E-state index contributed by atoms with van der Waals surface area (Å²) in [6, 6.07) is 18.0. The standard InChI is InChI=1S/C21H30N2O2/c1-3-23(4-2)15-14-22-18-19-10-8-9-13-21(19)25-17-16-24-20-11-6-5-7-12-20/h5-13,22H,3-4,14-18H2,1-2H3. The van der Waals surface area contributed by atoms with Crippen LogP contribution in [0.15, 0.2) is 54.6 Å². The maximum Gasteiger partial charge on any atom is 0.123 e. The molecule has 4 heteroatoms. The Morgan fingerprint density at radius 1 is 0.840 bits per heavy atom. The van der Waals surface area contributed by atoms with Crippen LogP contribution < -0.4 is 14.8 Å². The second-order valence-electron chi connectivity index (χ2n) is 5.82. The Morgan fingerprint density at radius 2 is 1.52 bits per heavy atom. The van der Waals surface area contributed by atoms with Gasteiger partial charge < -0.3 is 19.7 Å². The van der Waals surface area contributed by atoms with Crippen LogP contribution in [0.4, 0.5) is 0 Å². The highest BCUT2D eigenvalue weighted by atomic mass is 16.5. The minimum absolute atomic E-state index is 0.533. The Hall–Kier alpha value is -2.04. The second-order valence-corrected chi connectivity index (χ2v) is 5.82. The van der Waals surface area contributed by atoms with Gasteiger partial charge in [0.1, 0.15) is 24.7 Å². The van der Waals surface area contributed by atoms with Crippen molar-refractivity contribution in [2.75, 3.05) is 39.4 Å². The smallest absolute Gasteiger partial charge is 0.123 e. The van der Waals surface area contributed by atoms with E-state index in [1.54, 1.807) is 0 Å². The van der Waals surface area contributed by atoms with Gasteiger partial charge in [-0.25, -0.2) is 0 Å². The van der Waals surface area contributed by atoms with Gasteiger partial charge in [0.15, 0.2) is 0 Å². The highest BCUT2D eigenvalue weighted by Crippen LogP contribution is 2.17. The van der Waals surface area contributed by atoms with E-state index in [0.717, 1.165) is 44.2 Å². The summed E-state index contributed by atoms with van der Waals surface area (Å²) in [5, 5.41) is 3.50. The highest BCUT2D eigenvalue weighted by molar-refractivity contribution is 5.33. The van der Waals surface area contributed by atoms with Crippen LogP contribution in [0.25, 0.3) is 0 Å². The summed E-state index contributed by atoms with van der Waals surface area (Å²) in [6.45, 7) is 10.5. The lowest BCUT2D eigenvalue weighted by Gasteiger charge is -2.18. The molecule has 0 spiro atoms. The van der Waals surface area contributed by atoms with E-state index in [1.807, 2.05) is 42.5 Å². The molecule has 2 aromatic carbocycles. The van der Waals surface area contributed by atoms with Crippen LogP contribution in [0.1, 0.15) is 19.4 Å². The third kappa shape index (κ3) is 7.16. The summed E-state index contributed by atoms with van der Waals surface area (Å²) in [7, 11) is 0. The molecule has 0 radical (unpaired) electrons. The van der Waals surface area contributed by atoms with Crippen molar-refractivity contribution in [3.05, 3.63) is 60.2 Å². The Morgan fingerprint density at radius 3 is 2.28 bits per heavy atom. The van der Waals surface area contributed by atoms with E-state index < -0.39 is 0 Å². The number of rotatable bonds is 12. The summed E-state index contributed by atoms with van der Waals surface area (Å²) in [6.07, 6.45) is 0. The molecule has 0 aliphatic rings. The summed E-state index contributed by atoms with van der Waals surface area (Å²) >= 11 is 0. The lowest BCUT2D eigenvalue weighted by atomic mass is 10.2. The van der Waals surface area contributed by atoms with Crippen molar-refractivity contribution >= 4 is 0 Å². The third-order valence-electron chi connectivity index (χ3n) is 4.14. The number of likely N-dealkylation sites (N-methyl/N-ethyl adjacent to an activating group) is 1. The van der Waals surface area contributed by atoms with Crippen LogP contribution in [0.2, 0.25) is 0 Å². The van der Waals surface area contributed by atoms with E-state index in [-0.39, 0.29) is 0 Å². The van der Waals surface area contributed by atoms with Gasteiger partial charge >= 0.3 is 0 Å². The van der Waals surface area contributed by atoms with Gasteiger partial charge in [-0.05, 0) is 31.3 Å². The monoisotopic (exact) mass is 342 g/mol. The molecule has 136 valence electrons. The van der Waals surface area contributed by atoms with Crippen molar-refractivity contribution in [2.24, 2.45) is 0 Å². The molecule has 0 saturated heterocycles. The summed E-state index contributed by atoms with van der Waals surface area (Å²) in [5.41, 5.74) is 1.18. The topological polar surface area (TPSA) is 33.7 Å². The van der Waals surface area contributed by atoms with Crippen molar-refractivity contribution in [3.8, 4) is 11.5 Å². The Labute approximate surface area is 151 Å². The molecule has 0 heterocycles. The van der Waals surface area contributed by atoms with Gasteiger partial charge in [0.25, 0.3) is 0 Å². The van der Waals surface area contributed by atoms with Crippen molar-refractivity contribution < 1.29 is 9.47 Å². The normalized spacial score (nSPS) is 10.8. The van der Waals surface area contributed by atoms with Crippen molar-refractivity contribution in [1.29, 1.82) is 0 Å². The fraction of sp³-hybridized carbons (Fsp3) is 0.429. The van der Waals surface area contributed by atoms with Gasteiger partial charge in [-0.1, -0.05) is 50.2 Å². The predicted octanol–water partition coefficient (Wildman–Crippen LogP) is 3.58. The van der Waals surface area contributed by atoms with Gasteiger partial charge in [-0.15, -0.1) is 0 Å². The quantitative estimate of drug-likeness (QED) is 0.598. The minimum Gasteiger partial charge on any atom is -0.490 e. The minimum atomic E-state index is 0.533. The lowest BCUT2D eigenvalue weighted by Crippen LogP contribution is -2.31. The van der Waals surface area contributed by atoms with Crippen LogP contribution in [0, 0.1) is 0 Å². The molecule has 2 rings (SSSR count). The zero-order valence-electron chi connectivity index (χ0n) is 15.4. The maximum absolute atomic E-state index is 5.90.